The maximum Gasteiger partial charge on any atom is 0.326 e. The Balaban J connectivity index is 2.83. The summed E-state index contributed by atoms with van der Waals surface area (Å²) in [4.78, 5) is 50.2. The summed E-state index contributed by atoms with van der Waals surface area (Å²) in [7, 11) is 0. The van der Waals surface area contributed by atoms with E-state index in [0.717, 1.165) is 0 Å². The van der Waals surface area contributed by atoms with Crippen LogP contribution in [-0.2, 0) is 23.9 Å². The zero-order valence-electron chi connectivity index (χ0n) is 25.4. The number of carbonyl (C=O) groups excluding carboxylic acids is 3. The van der Waals surface area contributed by atoms with Crippen LogP contribution in [0.4, 0.5) is 0 Å². The smallest absolute Gasteiger partial charge is 0.326 e. The maximum absolute atomic E-state index is 13.1. The molecule has 1 fully saturated rings. The lowest BCUT2D eigenvalue weighted by Gasteiger charge is -2.41. The third-order valence-corrected chi connectivity index (χ3v) is 6.99. The van der Waals surface area contributed by atoms with E-state index < -0.39 is 78.6 Å². The summed E-state index contributed by atoms with van der Waals surface area (Å²) in [5.41, 5.74) is 5.86. The van der Waals surface area contributed by atoms with Crippen molar-refractivity contribution in [1.29, 1.82) is 0 Å². The van der Waals surface area contributed by atoms with Gasteiger partial charge in [-0.05, 0) is 50.5 Å². The number of ether oxygens (including phenoxy) is 1. The van der Waals surface area contributed by atoms with Crippen molar-refractivity contribution in [1.82, 2.24) is 21.3 Å². The number of amides is 3. The van der Waals surface area contributed by atoms with Crippen molar-refractivity contribution < 1.29 is 54.6 Å². The van der Waals surface area contributed by atoms with Crippen molar-refractivity contribution >= 4 is 23.7 Å². The predicted octanol–water partition coefficient (Wildman–Crippen LogP) is -3.50. The van der Waals surface area contributed by atoms with Gasteiger partial charge in [-0.2, -0.15) is 0 Å². The van der Waals surface area contributed by atoms with Crippen LogP contribution in [-0.4, -0.2) is 129 Å². The van der Waals surface area contributed by atoms with Gasteiger partial charge in [-0.25, -0.2) is 4.79 Å². The van der Waals surface area contributed by atoms with Crippen LogP contribution in [0, 0.1) is 11.8 Å². The third-order valence-electron chi connectivity index (χ3n) is 6.99. The fourth-order valence-corrected chi connectivity index (χ4v) is 4.51. The minimum Gasteiger partial charge on any atom is -0.480 e. The molecule has 8 atom stereocenters. The van der Waals surface area contributed by atoms with Gasteiger partial charge in [-0.3, -0.25) is 14.4 Å². The Kier molecular flexibility index (Phi) is 16.5. The number of unbranched alkanes of at least 4 members (excludes halogenated alkanes) is 1. The molecule has 1 saturated heterocycles. The fraction of sp³-hybridized carbons (Fsp3) is 0.852. The molecular formula is C27H51N5O11. The molecule has 1 rings (SSSR count). The van der Waals surface area contributed by atoms with Crippen LogP contribution in [0.2, 0.25) is 0 Å². The molecule has 0 saturated carbocycles. The van der Waals surface area contributed by atoms with E-state index in [1.165, 1.54) is 0 Å². The van der Waals surface area contributed by atoms with Gasteiger partial charge in [-0.15, -0.1) is 0 Å². The number of hydrogen-bond donors (Lipinski definition) is 11. The third kappa shape index (κ3) is 13.0. The Morgan fingerprint density at radius 2 is 1.44 bits per heavy atom. The lowest BCUT2D eigenvalue weighted by molar-refractivity contribution is -0.317. The van der Waals surface area contributed by atoms with Gasteiger partial charge in [0.2, 0.25) is 23.5 Å². The second-order valence-electron chi connectivity index (χ2n) is 11.9. The van der Waals surface area contributed by atoms with E-state index in [9.17, 15) is 49.8 Å². The van der Waals surface area contributed by atoms with E-state index in [1.54, 1.807) is 13.8 Å². The first-order chi connectivity index (χ1) is 20.0. The van der Waals surface area contributed by atoms with Crippen LogP contribution in [0.3, 0.4) is 0 Å². The first-order valence-corrected chi connectivity index (χ1v) is 14.6. The summed E-state index contributed by atoms with van der Waals surface area (Å²) >= 11 is 0. The van der Waals surface area contributed by atoms with Crippen LogP contribution in [0.5, 0.6) is 0 Å². The van der Waals surface area contributed by atoms with Crippen LogP contribution in [0.15, 0.2) is 0 Å². The Morgan fingerprint density at radius 1 is 0.884 bits per heavy atom. The molecule has 1 heterocycles. The van der Waals surface area contributed by atoms with Gasteiger partial charge in [0.25, 0.3) is 0 Å². The van der Waals surface area contributed by atoms with Crippen molar-refractivity contribution in [3.05, 3.63) is 0 Å². The van der Waals surface area contributed by atoms with E-state index in [1.807, 2.05) is 13.8 Å². The van der Waals surface area contributed by atoms with Crippen LogP contribution < -0.4 is 27.0 Å². The number of aliphatic hydroxyl groups excluding tert-OH is 4. The topological polar surface area (TPSA) is 273 Å². The molecular weight excluding hydrogens is 570 g/mol. The van der Waals surface area contributed by atoms with Gasteiger partial charge in [-0.1, -0.05) is 27.7 Å². The summed E-state index contributed by atoms with van der Waals surface area (Å²) in [6, 6.07) is -4.72. The Hall–Kier alpha value is -2.44. The van der Waals surface area contributed by atoms with Gasteiger partial charge in [0.1, 0.15) is 36.4 Å². The lowest BCUT2D eigenvalue weighted by Crippen LogP contribution is -2.64. The summed E-state index contributed by atoms with van der Waals surface area (Å²) in [5.74, 6) is -5.55. The molecule has 0 aromatic carbocycles. The van der Waals surface area contributed by atoms with E-state index in [0.29, 0.717) is 19.3 Å². The second-order valence-corrected chi connectivity index (χ2v) is 11.9. The Morgan fingerprint density at radius 3 is 2.00 bits per heavy atom. The van der Waals surface area contributed by atoms with Gasteiger partial charge in [0.15, 0.2) is 0 Å². The molecule has 0 aromatic rings. The highest BCUT2D eigenvalue weighted by Crippen LogP contribution is 2.23. The molecule has 3 amide bonds. The van der Waals surface area contributed by atoms with Crippen molar-refractivity contribution in [3.63, 3.8) is 0 Å². The Labute approximate surface area is 251 Å². The fourth-order valence-electron chi connectivity index (χ4n) is 4.51. The zero-order valence-corrected chi connectivity index (χ0v) is 25.4. The van der Waals surface area contributed by atoms with Crippen molar-refractivity contribution in [2.24, 2.45) is 17.6 Å². The summed E-state index contributed by atoms with van der Waals surface area (Å²) < 4.78 is 5.08. The second kappa shape index (κ2) is 18.4. The molecule has 16 nitrogen and oxygen atoms in total. The van der Waals surface area contributed by atoms with Crippen molar-refractivity contribution in [3.8, 4) is 0 Å². The van der Waals surface area contributed by atoms with Gasteiger partial charge >= 0.3 is 5.97 Å². The molecule has 0 bridgehead atoms. The molecule has 16 heteroatoms. The lowest BCUT2D eigenvalue weighted by atomic mass is 9.97. The van der Waals surface area contributed by atoms with Crippen LogP contribution >= 0.6 is 0 Å². The number of carboxylic acids is 1. The largest absolute Gasteiger partial charge is 0.480 e. The SMILES string of the molecule is CC(C)C[C@H](NC(=O)[C@H](CCCCNC[C@@]1(O)OC[C@@H](O)[C@@H](O)[C@@H]1O)NC(=O)[C@H](CO)NC(=O)[C@@H](N)CC(C)C)C(=O)O. The summed E-state index contributed by atoms with van der Waals surface area (Å²) in [5, 5.41) is 69.3. The average Bonchev–Trinajstić information content (AvgIpc) is 2.92. The zero-order chi connectivity index (χ0) is 32.9. The number of nitrogens with two attached hydrogens (primary N) is 1. The molecule has 43 heavy (non-hydrogen) atoms. The maximum atomic E-state index is 13.1. The van der Waals surface area contributed by atoms with Gasteiger partial charge in [0.05, 0.1) is 25.8 Å². The van der Waals surface area contributed by atoms with Gasteiger partial charge < -0.3 is 62.4 Å². The van der Waals surface area contributed by atoms with Gasteiger partial charge in [0, 0.05) is 0 Å². The molecule has 1 aliphatic heterocycles. The standard InChI is InChI=1S/C27H51N5O11/c1-14(2)9-16(28)23(37)32-19(11-33)25(39)30-17(24(38)31-18(26(40)41)10-15(3)4)7-5-6-8-29-13-27(42)22(36)21(35)20(34)12-43-27/h14-22,29,33-36,42H,5-13,28H2,1-4H3,(H,30,39)(H,31,38)(H,32,37)(H,40,41)/t16-,17-,18-,19-,20+,21+,22-,27+/m0/s1. The van der Waals surface area contributed by atoms with Crippen LogP contribution in [0.25, 0.3) is 0 Å². The average molecular weight is 622 g/mol. The quantitative estimate of drug-likeness (QED) is 0.0626. The molecule has 0 unspecified atom stereocenters. The number of carbonyl (C=O) groups is 4. The molecule has 1 aliphatic rings. The van der Waals surface area contributed by atoms with E-state index in [2.05, 4.69) is 21.3 Å². The van der Waals surface area contributed by atoms with E-state index >= 15 is 0 Å². The Bertz CT molecular complexity index is 909. The highest BCUT2D eigenvalue weighted by Gasteiger charge is 2.48. The van der Waals surface area contributed by atoms with Crippen LogP contribution in [0.1, 0.15) is 59.8 Å². The molecule has 250 valence electrons. The van der Waals surface area contributed by atoms with E-state index in [4.69, 9.17) is 10.5 Å². The first-order valence-electron chi connectivity index (χ1n) is 14.6. The van der Waals surface area contributed by atoms with Crippen molar-refractivity contribution in [2.75, 3.05) is 26.3 Å². The minimum atomic E-state index is -2.13. The van der Waals surface area contributed by atoms with Crippen molar-refractivity contribution in [2.45, 2.75) is 108 Å². The number of aliphatic carboxylic acids is 1. The first kappa shape index (κ1) is 38.6. The molecule has 0 aliphatic carbocycles. The minimum absolute atomic E-state index is 0.0459. The molecule has 12 N–H and O–H groups in total. The molecule has 0 aromatic heterocycles. The number of carboxylic acid groups (broad SMARTS) is 1. The molecule has 0 spiro atoms. The summed E-state index contributed by atoms with van der Waals surface area (Å²) in [6.07, 6.45) is -3.40. The monoisotopic (exact) mass is 621 g/mol. The molecule has 0 radical (unpaired) electrons. The van der Waals surface area contributed by atoms with E-state index in [-0.39, 0.29) is 44.4 Å². The predicted molar refractivity (Wildman–Crippen MR) is 153 cm³/mol. The highest BCUT2D eigenvalue weighted by molar-refractivity contribution is 5.94. The number of nitrogens with one attached hydrogen (secondary N) is 4. The summed E-state index contributed by atoms with van der Waals surface area (Å²) in [6.45, 7) is 6.18. The number of rotatable bonds is 19. The normalized spacial score (nSPS) is 25.1. The highest BCUT2D eigenvalue weighted by atomic mass is 16.6. The number of aliphatic hydroxyl groups is 5. The number of hydrogen-bond acceptors (Lipinski definition) is 12.